The second kappa shape index (κ2) is 10.6. The highest BCUT2D eigenvalue weighted by molar-refractivity contribution is 5.85. The number of rotatable bonds is 11. The maximum Gasteiger partial charge on any atom is 0.168 e. The topological polar surface area (TPSA) is 118 Å². The van der Waals surface area contributed by atoms with Crippen molar-refractivity contribution in [3.8, 4) is 0 Å². The number of carbonyl (C=O) groups is 1. The van der Waals surface area contributed by atoms with Crippen LogP contribution in [0.2, 0.25) is 0 Å². The predicted octanol–water partition coefficient (Wildman–Crippen LogP) is 0.139. The van der Waals surface area contributed by atoms with Gasteiger partial charge in [0.25, 0.3) is 0 Å². The molecule has 0 aliphatic heterocycles. The van der Waals surface area contributed by atoms with Gasteiger partial charge in [-0.3, -0.25) is 4.79 Å². The zero-order valence-electron chi connectivity index (χ0n) is 14.9. The molecule has 142 valence electrons. The first-order chi connectivity index (χ1) is 11.8. The molecule has 0 aliphatic rings. The Morgan fingerprint density at radius 2 is 1.56 bits per heavy atom. The van der Waals surface area contributed by atoms with Crippen molar-refractivity contribution in [1.29, 1.82) is 0 Å². The van der Waals surface area contributed by atoms with Crippen LogP contribution in [-0.2, 0) is 24.1 Å². The van der Waals surface area contributed by atoms with Crippen molar-refractivity contribution in [3.63, 3.8) is 0 Å². The fourth-order valence-corrected chi connectivity index (χ4v) is 2.82. The van der Waals surface area contributed by atoms with E-state index in [2.05, 4.69) is 13.8 Å². The third kappa shape index (κ3) is 6.17. The number of Topliss-reactive ketones (excluding diaryl/α,β-unsaturated/α-hetero) is 1. The number of hydrogen-bond acceptors (Lipinski definition) is 6. The van der Waals surface area contributed by atoms with Gasteiger partial charge in [0.15, 0.2) is 5.78 Å². The van der Waals surface area contributed by atoms with E-state index >= 15 is 0 Å². The molecule has 0 fully saturated rings. The molecule has 25 heavy (non-hydrogen) atoms. The molecular formula is C19H30O6. The summed E-state index contributed by atoms with van der Waals surface area (Å²) in [6.07, 6.45) is -3.30. The molecule has 0 amide bonds. The summed E-state index contributed by atoms with van der Waals surface area (Å²) < 4.78 is 0. The van der Waals surface area contributed by atoms with Gasteiger partial charge in [-0.15, -0.1) is 0 Å². The third-order valence-corrected chi connectivity index (χ3v) is 4.27. The zero-order chi connectivity index (χ0) is 19.0. The highest BCUT2D eigenvalue weighted by atomic mass is 16.4. The summed E-state index contributed by atoms with van der Waals surface area (Å²) in [6.45, 7) is 3.41. The van der Waals surface area contributed by atoms with E-state index in [4.69, 9.17) is 5.11 Å². The van der Waals surface area contributed by atoms with Gasteiger partial charge in [-0.1, -0.05) is 44.9 Å². The Morgan fingerprint density at radius 3 is 2.12 bits per heavy atom. The summed E-state index contributed by atoms with van der Waals surface area (Å²) in [7, 11) is 0. The number of hydrogen-bond donors (Lipinski definition) is 5. The highest BCUT2D eigenvalue weighted by Crippen LogP contribution is 2.18. The number of carbonyl (C=O) groups excluding carboxylic acids is 1. The molecular weight excluding hydrogens is 324 g/mol. The molecule has 0 saturated carbocycles. The summed E-state index contributed by atoms with van der Waals surface area (Å²) in [5, 5.41) is 47.4. The van der Waals surface area contributed by atoms with E-state index < -0.39 is 36.8 Å². The van der Waals surface area contributed by atoms with Crippen LogP contribution in [0.1, 0.15) is 43.4 Å². The molecule has 1 aromatic rings. The third-order valence-electron chi connectivity index (χ3n) is 4.27. The molecule has 1 rings (SSSR count). The normalized spacial score (nSPS) is 16.3. The maximum atomic E-state index is 12.2. The van der Waals surface area contributed by atoms with Crippen LogP contribution in [0.5, 0.6) is 0 Å². The van der Waals surface area contributed by atoms with Crippen LogP contribution in [0.25, 0.3) is 0 Å². The van der Waals surface area contributed by atoms with Gasteiger partial charge >= 0.3 is 0 Å². The average molecular weight is 354 g/mol. The minimum atomic E-state index is -1.86. The first-order valence-corrected chi connectivity index (χ1v) is 8.82. The number of ketones is 1. The molecule has 4 atom stereocenters. The average Bonchev–Trinajstić information content (AvgIpc) is 2.61. The van der Waals surface area contributed by atoms with Crippen LogP contribution in [0.3, 0.4) is 0 Å². The van der Waals surface area contributed by atoms with Gasteiger partial charge in [0.05, 0.1) is 6.61 Å². The van der Waals surface area contributed by atoms with Gasteiger partial charge in [-0.2, -0.15) is 0 Å². The van der Waals surface area contributed by atoms with Crippen LogP contribution in [0, 0.1) is 0 Å². The van der Waals surface area contributed by atoms with E-state index in [1.807, 2.05) is 18.2 Å². The van der Waals surface area contributed by atoms with Crippen LogP contribution < -0.4 is 0 Å². The van der Waals surface area contributed by atoms with Gasteiger partial charge in [-0.05, 0) is 29.5 Å². The lowest BCUT2D eigenvalue weighted by atomic mass is 9.93. The van der Waals surface area contributed by atoms with Crippen molar-refractivity contribution in [2.75, 3.05) is 6.61 Å². The van der Waals surface area contributed by atoms with Crippen molar-refractivity contribution in [2.24, 2.45) is 0 Å². The van der Waals surface area contributed by atoms with E-state index in [0.29, 0.717) is 0 Å². The van der Waals surface area contributed by atoms with Crippen LogP contribution in [0.4, 0.5) is 0 Å². The molecule has 0 heterocycles. The molecule has 0 saturated heterocycles. The minimum absolute atomic E-state index is 0.0801. The molecule has 5 N–H and O–H groups in total. The molecule has 0 aromatic heterocycles. The molecule has 0 bridgehead atoms. The fraction of sp³-hybridized carbons (Fsp3) is 0.632. The molecule has 0 spiro atoms. The Labute approximate surface area is 148 Å². The summed E-state index contributed by atoms with van der Waals surface area (Å²) in [6, 6.07) is 5.77. The minimum Gasteiger partial charge on any atom is -0.394 e. The first-order valence-electron chi connectivity index (χ1n) is 8.82. The van der Waals surface area contributed by atoms with E-state index in [1.54, 1.807) is 0 Å². The molecule has 1 aromatic carbocycles. The van der Waals surface area contributed by atoms with Crippen LogP contribution in [0.15, 0.2) is 18.2 Å². The van der Waals surface area contributed by atoms with Crippen molar-refractivity contribution < 1.29 is 30.3 Å². The number of benzene rings is 1. The lowest BCUT2D eigenvalue weighted by Crippen LogP contribution is -2.49. The number of aliphatic hydroxyl groups excluding tert-OH is 5. The number of aliphatic hydroxyl groups is 5. The van der Waals surface area contributed by atoms with Crippen LogP contribution in [-0.4, -0.2) is 62.3 Å². The summed E-state index contributed by atoms with van der Waals surface area (Å²) in [5.74, 6) is -0.651. The largest absolute Gasteiger partial charge is 0.394 e. The standard InChI is InChI=1S/C19H30O6/c1-3-5-13-8-7-12(9-14(13)6-4-2)10-15(21)17(23)19(25)18(24)16(22)11-20/h7-9,16-20,22-25H,3-6,10-11H2,1-2H3/t16-,17+,18-,19-/m1/s1. The Kier molecular flexibility index (Phi) is 9.24. The Balaban J connectivity index is 2.83. The smallest absolute Gasteiger partial charge is 0.168 e. The molecule has 6 nitrogen and oxygen atoms in total. The zero-order valence-corrected chi connectivity index (χ0v) is 14.9. The molecule has 0 radical (unpaired) electrons. The van der Waals surface area contributed by atoms with Gasteiger partial charge in [0, 0.05) is 6.42 Å². The van der Waals surface area contributed by atoms with E-state index in [-0.39, 0.29) is 6.42 Å². The van der Waals surface area contributed by atoms with Crippen molar-refractivity contribution in [3.05, 3.63) is 34.9 Å². The summed E-state index contributed by atoms with van der Waals surface area (Å²) >= 11 is 0. The molecule has 0 aliphatic carbocycles. The van der Waals surface area contributed by atoms with Gasteiger partial charge in [-0.25, -0.2) is 0 Å². The monoisotopic (exact) mass is 354 g/mol. The lowest BCUT2D eigenvalue weighted by molar-refractivity contribution is -0.146. The second-order valence-corrected chi connectivity index (χ2v) is 6.42. The Hall–Kier alpha value is -1.31. The highest BCUT2D eigenvalue weighted by Gasteiger charge is 2.33. The summed E-state index contributed by atoms with van der Waals surface area (Å²) in [4.78, 5) is 12.2. The van der Waals surface area contributed by atoms with E-state index in [9.17, 15) is 25.2 Å². The van der Waals surface area contributed by atoms with Crippen LogP contribution >= 0.6 is 0 Å². The van der Waals surface area contributed by atoms with E-state index in [0.717, 1.165) is 31.2 Å². The van der Waals surface area contributed by atoms with Gasteiger partial charge in [0.2, 0.25) is 0 Å². The first kappa shape index (κ1) is 21.7. The molecule has 0 unspecified atom stereocenters. The van der Waals surface area contributed by atoms with E-state index in [1.165, 1.54) is 11.1 Å². The van der Waals surface area contributed by atoms with Crippen molar-refractivity contribution in [2.45, 2.75) is 70.4 Å². The summed E-state index contributed by atoms with van der Waals surface area (Å²) in [5.41, 5.74) is 3.17. The SMILES string of the molecule is CCCc1ccc(CC(=O)[C@H](O)[C@@H](O)[C@H](O)[C@H](O)CO)cc1CCC. The maximum absolute atomic E-state index is 12.2. The predicted molar refractivity (Wildman–Crippen MR) is 94.3 cm³/mol. The van der Waals surface area contributed by atoms with Gasteiger partial charge in [0.1, 0.15) is 24.4 Å². The molecule has 6 heteroatoms. The van der Waals surface area contributed by atoms with Crippen molar-refractivity contribution >= 4 is 5.78 Å². The Bertz CT molecular complexity index is 545. The lowest BCUT2D eigenvalue weighted by Gasteiger charge is -2.24. The van der Waals surface area contributed by atoms with Gasteiger partial charge < -0.3 is 25.5 Å². The fourth-order valence-electron chi connectivity index (χ4n) is 2.82. The second-order valence-electron chi connectivity index (χ2n) is 6.42. The Morgan fingerprint density at radius 1 is 0.960 bits per heavy atom. The number of aryl methyl sites for hydroxylation is 2. The van der Waals surface area contributed by atoms with Crippen molar-refractivity contribution in [1.82, 2.24) is 0 Å². The quantitative estimate of drug-likeness (QED) is 0.386.